The first-order valence-corrected chi connectivity index (χ1v) is 6.91. The van der Waals surface area contributed by atoms with Gasteiger partial charge in [0.1, 0.15) is 10.8 Å². The monoisotopic (exact) mass is 319 g/mol. The van der Waals surface area contributed by atoms with Gasteiger partial charge in [-0.3, -0.25) is 14.6 Å². The number of aliphatic carboxylic acids is 1. The highest BCUT2D eigenvalue weighted by molar-refractivity contribution is 6.29. The van der Waals surface area contributed by atoms with Crippen LogP contribution < -0.4 is 5.32 Å². The van der Waals surface area contributed by atoms with Gasteiger partial charge in [-0.1, -0.05) is 35.9 Å². The van der Waals surface area contributed by atoms with E-state index in [-0.39, 0.29) is 17.3 Å². The van der Waals surface area contributed by atoms with Gasteiger partial charge in [-0.15, -0.1) is 0 Å². The molecule has 1 heterocycles. The van der Waals surface area contributed by atoms with Gasteiger partial charge >= 0.3 is 5.97 Å². The maximum absolute atomic E-state index is 12.2. The molecule has 2 rings (SSSR count). The van der Waals surface area contributed by atoms with Gasteiger partial charge in [-0.25, -0.2) is 4.98 Å². The number of carbonyl (C=O) groups is 2. The molecule has 0 aliphatic carbocycles. The van der Waals surface area contributed by atoms with E-state index in [2.05, 4.69) is 15.3 Å². The zero-order chi connectivity index (χ0) is 16.1. The molecule has 0 spiro atoms. The summed E-state index contributed by atoms with van der Waals surface area (Å²) in [7, 11) is 0. The van der Waals surface area contributed by atoms with E-state index in [1.807, 2.05) is 19.1 Å². The molecule has 0 aliphatic rings. The highest BCUT2D eigenvalue weighted by atomic mass is 35.5. The summed E-state index contributed by atoms with van der Waals surface area (Å²) in [5.74, 6) is -1.53. The van der Waals surface area contributed by atoms with E-state index in [0.717, 1.165) is 11.1 Å². The minimum Gasteiger partial charge on any atom is -0.481 e. The summed E-state index contributed by atoms with van der Waals surface area (Å²) in [5, 5.41) is 11.8. The Balaban J connectivity index is 2.25. The lowest BCUT2D eigenvalue weighted by atomic mass is 9.98. The second-order valence-corrected chi connectivity index (χ2v) is 5.09. The molecular formula is C15H14ClN3O3. The number of aromatic nitrogens is 2. The Morgan fingerprint density at radius 1 is 1.32 bits per heavy atom. The van der Waals surface area contributed by atoms with Crippen molar-refractivity contribution in [3.8, 4) is 0 Å². The third-order valence-electron chi connectivity index (χ3n) is 3.09. The fourth-order valence-electron chi connectivity index (χ4n) is 2.07. The van der Waals surface area contributed by atoms with Crippen molar-refractivity contribution in [3.05, 3.63) is 58.6 Å². The SMILES string of the molecule is Cc1ccccc1[C@H](CC(=O)O)NC(=O)c1cncc(Cl)n1. The second-order valence-electron chi connectivity index (χ2n) is 4.71. The predicted octanol–water partition coefficient (Wildman–Crippen LogP) is 2.38. The number of carboxylic acids is 1. The molecule has 114 valence electrons. The minimum atomic E-state index is -1.01. The van der Waals surface area contributed by atoms with Gasteiger partial charge in [0.25, 0.3) is 5.91 Å². The van der Waals surface area contributed by atoms with Gasteiger partial charge in [0.2, 0.25) is 0 Å². The maximum Gasteiger partial charge on any atom is 0.305 e. The lowest BCUT2D eigenvalue weighted by molar-refractivity contribution is -0.137. The standard InChI is InChI=1S/C15H14ClN3O3/c1-9-4-2-3-5-10(9)11(6-14(20)21)19-15(22)12-7-17-8-13(16)18-12/h2-5,7-8,11H,6H2,1H3,(H,19,22)(H,20,21)/t11-/m0/s1. The molecule has 7 heteroatoms. The quantitative estimate of drug-likeness (QED) is 0.882. The van der Waals surface area contributed by atoms with Crippen molar-refractivity contribution >= 4 is 23.5 Å². The summed E-state index contributed by atoms with van der Waals surface area (Å²) in [6, 6.07) is 6.62. The molecule has 0 saturated carbocycles. The largest absolute Gasteiger partial charge is 0.481 e. The maximum atomic E-state index is 12.2. The van der Waals surface area contributed by atoms with Gasteiger partial charge < -0.3 is 10.4 Å². The third kappa shape index (κ3) is 4.02. The van der Waals surface area contributed by atoms with Crippen LogP contribution in [0.25, 0.3) is 0 Å². The first kappa shape index (κ1) is 15.9. The van der Waals surface area contributed by atoms with Crippen LogP contribution in [0.3, 0.4) is 0 Å². The molecule has 0 radical (unpaired) electrons. The molecule has 0 aliphatic heterocycles. The number of hydrogen-bond donors (Lipinski definition) is 2. The van der Waals surface area contributed by atoms with Crippen molar-refractivity contribution in [1.82, 2.24) is 15.3 Å². The van der Waals surface area contributed by atoms with Crippen molar-refractivity contribution in [2.75, 3.05) is 0 Å². The molecule has 0 unspecified atom stereocenters. The van der Waals surface area contributed by atoms with Crippen LogP contribution in [0.1, 0.15) is 34.1 Å². The van der Waals surface area contributed by atoms with Crippen molar-refractivity contribution in [3.63, 3.8) is 0 Å². The number of carboxylic acid groups (broad SMARTS) is 1. The Hall–Kier alpha value is -2.47. The Morgan fingerprint density at radius 3 is 2.68 bits per heavy atom. The molecule has 2 aromatic rings. The number of halogens is 1. The van der Waals surface area contributed by atoms with Crippen LogP contribution >= 0.6 is 11.6 Å². The van der Waals surface area contributed by atoms with Crippen LogP contribution in [-0.4, -0.2) is 27.0 Å². The highest BCUT2D eigenvalue weighted by Gasteiger charge is 2.21. The second kappa shape index (κ2) is 7.00. The highest BCUT2D eigenvalue weighted by Crippen LogP contribution is 2.21. The molecule has 0 fully saturated rings. The number of hydrogen-bond acceptors (Lipinski definition) is 4. The van der Waals surface area contributed by atoms with Gasteiger partial charge in [0.05, 0.1) is 24.9 Å². The molecule has 1 aromatic heterocycles. The summed E-state index contributed by atoms with van der Waals surface area (Å²) >= 11 is 5.70. The average Bonchev–Trinajstić information content (AvgIpc) is 2.46. The molecule has 22 heavy (non-hydrogen) atoms. The smallest absolute Gasteiger partial charge is 0.305 e. The lowest BCUT2D eigenvalue weighted by Gasteiger charge is -2.19. The first-order valence-electron chi connectivity index (χ1n) is 6.53. The van der Waals surface area contributed by atoms with Crippen molar-refractivity contribution in [1.29, 1.82) is 0 Å². The number of nitrogens with one attached hydrogen (secondary N) is 1. The molecule has 1 aromatic carbocycles. The van der Waals surface area contributed by atoms with Gasteiger partial charge in [0.15, 0.2) is 0 Å². The summed E-state index contributed by atoms with van der Waals surface area (Å²) in [6.45, 7) is 1.86. The zero-order valence-corrected chi connectivity index (χ0v) is 12.5. The van der Waals surface area contributed by atoms with E-state index in [1.165, 1.54) is 12.4 Å². The molecule has 2 N–H and O–H groups in total. The predicted molar refractivity (Wildman–Crippen MR) is 80.7 cm³/mol. The Bertz CT molecular complexity index is 706. The molecular weight excluding hydrogens is 306 g/mol. The van der Waals surface area contributed by atoms with Crippen LogP contribution in [0.5, 0.6) is 0 Å². The molecule has 1 atom stereocenters. The summed E-state index contributed by atoms with van der Waals surface area (Å²) < 4.78 is 0. The normalized spacial score (nSPS) is 11.7. The number of amides is 1. The van der Waals surface area contributed by atoms with E-state index < -0.39 is 17.9 Å². The summed E-state index contributed by atoms with van der Waals surface area (Å²) in [4.78, 5) is 30.9. The average molecular weight is 320 g/mol. The van der Waals surface area contributed by atoms with E-state index in [0.29, 0.717) is 0 Å². The van der Waals surface area contributed by atoms with E-state index in [1.54, 1.807) is 12.1 Å². The Labute approximate surface area is 132 Å². The fourth-order valence-corrected chi connectivity index (χ4v) is 2.22. The van der Waals surface area contributed by atoms with Crippen molar-refractivity contribution in [2.45, 2.75) is 19.4 Å². The fraction of sp³-hybridized carbons (Fsp3) is 0.200. The summed E-state index contributed by atoms with van der Waals surface area (Å²) in [6.07, 6.45) is 2.36. The Morgan fingerprint density at radius 2 is 2.05 bits per heavy atom. The number of benzene rings is 1. The van der Waals surface area contributed by atoms with Crippen LogP contribution in [0.4, 0.5) is 0 Å². The molecule has 1 amide bonds. The topological polar surface area (TPSA) is 92.2 Å². The number of carbonyl (C=O) groups excluding carboxylic acids is 1. The van der Waals surface area contributed by atoms with Crippen molar-refractivity contribution in [2.24, 2.45) is 0 Å². The van der Waals surface area contributed by atoms with Crippen LogP contribution in [0.2, 0.25) is 5.15 Å². The Kier molecular flexibility index (Phi) is 5.06. The van der Waals surface area contributed by atoms with Crippen LogP contribution in [-0.2, 0) is 4.79 Å². The van der Waals surface area contributed by atoms with Gasteiger partial charge in [-0.05, 0) is 18.1 Å². The number of nitrogens with zero attached hydrogens (tertiary/aromatic N) is 2. The van der Waals surface area contributed by atoms with Crippen LogP contribution in [0.15, 0.2) is 36.7 Å². The minimum absolute atomic E-state index is 0.0384. The molecule has 0 bridgehead atoms. The van der Waals surface area contributed by atoms with E-state index >= 15 is 0 Å². The lowest BCUT2D eigenvalue weighted by Crippen LogP contribution is -2.31. The van der Waals surface area contributed by atoms with E-state index in [4.69, 9.17) is 16.7 Å². The van der Waals surface area contributed by atoms with Crippen LogP contribution in [0, 0.1) is 6.92 Å². The van der Waals surface area contributed by atoms with Gasteiger partial charge in [0, 0.05) is 0 Å². The number of rotatable bonds is 5. The third-order valence-corrected chi connectivity index (χ3v) is 3.27. The van der Waals surface area contributed by atoms with E-state index in [9.17, 15) is 9.59 Å². The molecule has 6 nitrogen and oxygen atoms in total. The van der Waals surface area contributed by atoms with Gasteiger partial charge in [-0.2, -0.15) is 0 Å². The first-order chi connectivity index (χ1) is 10.5. The zero-order valence-electron chi connectivity index (χ0n) is 11.8. The van der Waals surface area contributed by atoms with Crippen molar-refractivity contribution < 1.29 is 14.7 Å². The molecule has 0 saturated heterocycles. The summed E-state index contributed by atoms with van der Waals surface area (Å²) in [5.41, 5.74) is 1.68. The number of aryl methyl sites for hydroxylation is 1.